The van der Waals surface area contributed by atoms with Gasteiger partial charge in [-0.2, -0.15) is 13.2 Å². The summed E-state index contributed by atoms with van der Waals surface area (Å²) in [6.45, 7) is 0. The summed E-state index contributed by atoms with van der Waals surface area (Å²) < 4.78 is 38.8. The number of benzene rings is 2. The number of carboxylic acid groups (broad SMARTS) is 1. The van der Waals surface area contributed by atoms with E-state index in [1.807, 2.05) is 0 Å². The molecule has 5 nitrogen and oxygen atoms in total. The van der Waals surface area contributed by atoms with Gasteiger partial charge in [-0.25, -0.2) is 9.78 Å². The molecule has 0 bridgehead atoms. The van der Waals surface area contributed by atoms with E-state index in [0.717, 1.165) is 12.1 Å². The summed E-state index contributed by atoms with van der Waals surface area (Å²) in [4.78, 5) is 15.2. The maximum absolute atomic E-state index is 12.9. The van der Waals surface area contributed by atoms with E-state index in [1.54, 1.807) is 12.1 Å². The summed E-state index contributed by atoms with van der Waals surface area (Å²) in [5.74, 6) is -0.887. The third-order valence-corrected chi connectivity index (χ3v) is 3.83. The van der Waals surface area contributed by atoms with Crippen LogP contribution >= 0.6 is 0 Å². The van der Waals surface area contributed by atoms with Gasteiger partial charge < -0.3 is 16.2 Å². The first-order valence-electron chi connectivity index (χ1n) is 7.77. The molecule has 138 valence electrons. The standard InChI is InChI=1S/C19H14F3N3O2/c20-19(21,22)13-2-1-3-14(10-13)25-16-5-4-12(18(26)27)8-15(16)11-6-7-24-17(23)9-11/h1-10,25H,(H2,23,24)(H,26,27). The van der Waals surface area contributed by atoms with Crippen LogP contribution in [0.25, 0.3) is 11.1 Å². The van der Waals surface area contributed by atoms with Crippen molar-refractivity contribution in [2.45, 2.75) is 6.18 Å². The number of carboxylic acids is 1. The smallest absolute Gasteiger partial charge is 0.416 e. The molecule has 1 heterocycles. The molecule has 4 N–H and O–H groups in total. The number of nitrogens with two attached hydrogens (primary N) is 1. The van der Waals surface area contributed by atoms with Crippen LogP contribution in [0.15, 0.2) is 60.8 Å². The van der Waals surface area contributed by atoms with Crippen LogP contribution in [-0.2, 0) is 6.18 Å². The number of anilines is 3. The first-order valence-corrected chi connectivity index (χ1v) is 7.77. The van der Waals surface area contributed by atoms with E-state index in [2.05, 4.69) is 10.3 Å². The van der Waals surface area contributed by atoms with Crippen LogP contribution < -0.4 is 11.1 Å². The molecule has 0 spiro atoms. The Kier molecular flexibility index (Phi) is 4.72. The zero-order chi connectivity index (χ0) is 19.6. The Morgan fingerprint density at radius 3 is 2.52 bits per heavy atom. The molecule has 8 heteroatoms. The van der Waals surface area contributed by atoms with E-state index in [9.17, 15) is 23.1 Å². The number of hydrogen-bond acceptors (Lipinski definition) is 4. The van der Waals surface area contributed by atoms with Crippen molar-refractivity contribution >= 4 is 23.2 Å². The molecule has 0 aliphatic rings. The third-order valence-electron chi connectivity index (χ3n) is 3.83. The number of nitrogens with zero attached hydrogens (tertiary/aromatic N) is 1. The van der Waals surface area contributed by atoms with E-state index in [-0.39, 0.29) is 17.1 Å². The fraction of sp³-hybridized carbons (Fsp3) is 0.0526. The van der Waals surface area contributed by atoms with Crippen molar-refractivity contribution in [3.05, 3.63) is 71.9 Å². The SMILES string of the molecule is Nc1cc(-c2cc(C(=O)O)ccc2Nc2cccc(C(F)(F)F)c2)ccn1. The Balaban J connectivity index is 2.07. The van der Waals surface area contributed by atoms with Gasteiger partial charge in [-0.05, 0) is 54.1 Å². The molecule has 3 aromatic rings. The topological polar surface area (TPSA) is 88.2 Å². The van der Waals surface area contributed by atoms with E-state index in [4.69, 9.17) is 5.73 Å². The van der Waals surface area contributed by atoms with Gasteiger partial charge in [-0.1, -0.05) is 6.07 Å². The van der Waals surface area contributed by atoms with Gasteiger partial charge >= 0.3 is 12.1 Å². The first-order chi connectivity index (χ1) is 12.7. The lowest BCUT2D eigenvalue weighted by Crippen LogP contribution is -2.05. The van der Waals surface area contributed by atoms with Crippen molar-refractivity contribution in [1.29, 1.82) is 0 Å². The summed E-state index contributed by atoms with van der Waals surface area (Å²) in [6, 6.07) is 12.2. The highest BCUT2D eigenvalue weighted by Crippen LogP contribution is 2.34. The number of nitrogen functional groups attached to an aromatic ring is 1. The van der Waals surface area contributed by atoms with Crippen LogP contribution in [0.5, 0.6) is 0 Å². The molecule has 0 saturated carbocycles. The Morgan fingerprint density at radius 1 is 1.07 bits per heavy atom. The molecule has 0 unspecified atom stereocenters. The lowest BCUT2D eigenvalue weighted by molar-refractivity contribution is -0.137. The summed E-state index contributed by atoms with van der Waals surface area (Å²) >= 11 is 0. The minimum absolute atomic E-state index is 0.0370. The molecule has 0 radical (unpaired) electrons. The number of alkyl halides is 3. The van der Waals surface area contributed by atoms with Crippen molar-refractivity contribution in [3.8, 4) is 11.1 Å². The summed E-state index contributed by atoms with van der Waals surface area (Å²) in [7, 11) is 0. The number of halogens is 3. The second-order valence-corrected chi connectivity index (χ2v) is 5.74. The predicted molar refractivity (Wildman–Crippen MR) is 95.8 cm³/mol. The number of hydrogen-bond donors (Lipinski definition) is 3. The molecule has 0 saturated heterocycles. The minimum atomic E-state index is -4.47. The average molecular weight is 373 g/mol. The molecule has 0 aliphatic carbocycles. The number of carbonyl (C=O) groups is 1. The van der Waals surface area contributed by atoms with Crippen LogP contribution in [0.3, 0.4) is 0 Å². The number of rotatable bonds is 4. The Labute approximate surface area is 152 Å². The zero-order valence-electron chi connectivity index (χ0n) is 13.8. The van der Waals surface area contributed by atoms with Gasteiger partial charge in [0.05, 0.1) is 11.1 Å². The molecule has 0 aliphatic heterocycles. The third kappa shape index (κ3) is 4.17. The number of aromatic carboxylic acids is 1. The molecule has 0 atom stereocenters. The molecule has 0 amide bonds. The minimum Gasteiger partial charge on any atom is -0.478 e. The molecule has 27 heavy (non-hydrogen) atoms. The monoisotopic (exact) mass is 373 g/mol. The van der Waals surface area contributed by atoms with E-state index in [0.29, 0.717) is 16.8 Å². The highest BCUT2D eigenvalue weighted by molar-refractivity contribution is 5.93. The van der Waals surface area contributed by atoms with Crippen LogP contribution in [0.1, 0.15) is 15.9 Å². The fourth-order valence-electron chi connectivity index (χ4n) is 2.57. The molecular formula is C19H14F3N3O2. The molecule has 3 rings (SSSR count). The van der Waals surface area contributed by atoms with Gasteiger partial charge in [0.25, 0.3) is 0 Å². The molecular weight excluding hydrogens is 359 g/mol. The summed E-state index contributed by atoms with van der Waals surface area (Å²) in [5.41, 5.74) is 6.65. The molecule has 1 aromatic heterocycles. The molecule has 0 fully saturated rings. The largest absolute Gasteiger partial charge is 0.478 e. The van der Waals surface area contributed by atoms with Crippen LogP contribution in [-0.4, -0.2) is 16.1 Å². The Morgan fingerprint density at radius 2 is 1.85 bits per heavy atom. The lowest BCUT2D eigenvalue weighted by Gasteiger charge is -2.15. The van der Waals surface area contributed by atoms with E-state index < -0.39 is 17.7 Å². The summed E-state index contributed by atoms with van der Waals surface area (Å²) in [5, 5.41) is 12.1. The first kappa shape index (κ1) is 18.2. The van der Waals surface area contributed by atoms with Crippen molar-refractivity contribution < 1.29 is 23.1 Å². The number of pyridine rings is 1. The van der Waals surface area contributed by atoms with E-state index in [1.165, 1.54) is 36.5 Å². The van der Waals surface area contributed by atoms with E-state index >= 15 is 0 Å². The van der Waals surface area contributed by atoms with Gasteiger partial charge in [0.2, 0.25) is 0 Å². The Bertz CT molecular complexity index is 1000. The second kappa shape index (κ2) is 6.99. The van der Waals surface area contributed by atoms with Gasteiger partial charge in [0.1, 0.15) is 5.82 Å². The number of nitrogens with one attached hydrogen (secondary N) is 1. The normalized spacial score (nSPS) is 11.2. The van der Waals surface area contributed by atoms with Gasteiger partial charge in [-0.3, -0.25) is 0 Å². The van der Waals surface area contributed by atoms with Crippen LogP contribution in [0.4, 0.5) is 30.4 Å². The highest BCUT2D eigenvalue weighted by Gasteiger charge is 2.30. The lowest BCUT2D eigenvalue weighted by atomic mass is 10.0. The maximum Gasteiger partial charge on any atom is 0.416 e. The van der Waals surface area contributed by atoms with Crippen molar-refractivity contribution in [1.82, 2.24) is 4.98 Å². The van der Waals surface area contributed by atoms with Crippen molar-refractivity contribution in [3.63, 3.8) is 0 Å². The summed E-state index contributed by atoms with van der Waals surface area (Å²) in [6.07, 6.45) is -3.00. The maximum atomic E-state index is 12.9. The van der Waals surface area contributed by atoms with Crippen molar-refractivity contribution in [2.75, 3.05) is 11.1 Å². The Hall–Kier alpha value is -3.55. The number of aromatic nitrogens is 1. The molecule has 2 aromatic carbocycles. The fourth-order valence-corrected chi connectivity index (χ4v) is 2.57. The second-order valence-electron chi connectivity index (χ2n) is 5.74. The predicted octanol–water partition coefficient (Wildman–Crippen LogP) is 4.79. The van der Waals surface area contributed by atoms with Gasteiger partial charge in [0, 0.05) is 23.1 Å². The van der Waals surface area contributed by atoms with Crippen LogP contribution in [0, 0.1) is 0 Å². The van der Waals surface area contributed by atoms with Gasteiger partial charge in [0.15, 0.2) is 0 Å². The van der Waals surface area contributed by atoms with Crippen LogP contribution in [0.2, 0.25) is 0 Å². The van der Waals surface area contributed by atoms with Crippen molar-refractivity contribution in [2.24, 2.45) is 0 Å². The quantitative estimate of drug-likeness (QED) is 0.612. The average Bonchev–Trinajstić information content (AvgIpc) is 2.61. The highest BCUT2D eigenvalue weighted by atomic mass is 19.4. The zero-order valence-corrected chi connectivity index (χ0v) is 13.8. The van der Waals surface area contributed by atoms with Gasteiger partial charge in [-0.15, -0.1) is 0 Å².